The van der Waals surface area contributed by atoms with Crippen LogP contribution in [0, 0.1) is 5.92 Å². The second kappa shape index (κ2) is 11.4. The molecule has 178 valence electrons. The van der Waals surface area contributed by atoms with Gasteiger partial charge >= 0.3 is 0 Å². The van der Waals surface area contributed by atoms with Crippen LogP contribution in [0.2, 0.25) is 0 Å². The number of hydrogen-bond acceptors (Lipinski definition) is 6. The van der Waals surface area contributed by atoms with Gasteiger partial charge in [-0.05, 0) is 43.7 Å². The summed E-state index contributed by atoms with van der Waals surface area (Å²) < 4.78 is 16.0. The Kier molecular flexibility index (Phi) is 8.61. The van der Waals surface area contributed by atoms with E-state index in [4.69, 9.17) is 14.2 Å². The number of carbonyl (C=O) groups is 2. The molecule has 0 bridgehead atoms. The zero-order chi connectivity index (χ0) is 23.1. The summed E-state index contributed by atoms with van der Waals surface area (Å²) >= 11 is 0. The van der Waals surface area contributed by atoms with Crippen LogP contribution in [0.4, 0.5) is 0 Å². The largest absolute Gasteiger partial charge is 0.493 e. The molecule has 2 N–H and O–H groups in total. The number of methoxy groups -OCH3 is 3. The minimum atomic E-state index is -0.174. The lowest BCUT2D eigenvalue weighted by atomic mass is 9.86. The lowest BCUT2D eigenvalue weighted by Gasteiger charge is -2.33. The average Bonchev–Trinajstić information content (AvgIpc) is 2.80. The molecule has 2 amide bonds. The van der Waals surface area contributed by atoms with E-state index in [-0.39, 0.29) is 17.9 Å². The maximum Gasteiger partial charge on any atom is 0.251 e. The van der Waals surface area contributed by atoms with Crippen LogP contribution in [-0.4, -0.2) is 69.8 Å². The monoisotopic (exact) mass is 447 g/mol. The smallest absolute Gasteiger partial charge is 0.251 e. The second-order valence-corrected chi connectivity index (χ2v) is 8.87. The van der Waals surface area contributed by atoms with E-state index in [0.29, 0.717) is 41.3 Å². The molecule has 3 rings (SSSR count). The Morgan fingerprint density at radius 3 is 2.12 bits per heavy atom. The number of rotatable bonds is 8. The van der Waals surface area contributed by atoms with Crippen LogP contribution >= 0.6 is 0 Å². The molecule has 8 heteroatoms. The van der Waals surface area contributed by atoms with Crippen molar-refractivity contribution in [1.29, 1.82) is 0 Å². The summed E-state index contributed by atoms with van der Waals surface area (Å²) in [4.78, 5) is 27.5. The zero-order valence-electron chi connectivity index (χ0n) is 19.7. The van der Waals surface area contributed by atoms with E-state index in [1.54, 1.807) is 12.1 Å². The summed E-state index contributed by atoms with van der Waals surface area (Å²) in [5.41, 5.74) is 0.461. The van der Waals surface area contributed by atoms with Gasteiger partial charge in [-0.25, -0.2) is 0 Å². The standard InChI is InChI=1S/C24H37N3O5/c1-16-7-5-6-8-19(16)26-22(28)15-27-11-9-18(10-12-27)25-24(29)17-13-20(30-2)23(32-4)21(14-17)31-3/h13-14,16,18-19H,5-12,15H2,1-4H3,(H,25,29)(H,26,28)/t16-,19-/m1/s1. The first-order valence-corrected chi connectivity index (χ1v) is 11.6. The molecule has 0 radical (unpaired) electrons. The molecule has 1 aliphatic heterocycles. The van der Waals surface area contributed by atoms with Gasteiger partial charge < -0.3 is 24.8 Å². The van der Waals surface area contributed by atoms with Crippen molar-refractivity contribution in [3.8, 4) is 17.2 Å². The molecular formula is C24H37N3O5. The van der Waals surface area contributed by atoms with E-state index in [2.05, 4.69) is 22.5 Å². The summed E-state index contributed by atoms with van der Waals surface area (Å²) in [5, 5.41) is 6.33. The first kappa shape index (κ1) is 24.2. The molecule has 1 aliphatic carbocycles. The third kappa shape index (κ3) is 6.06. The fourth-order valence-electron chi connectivity index (χ4n) is 4.70. The molecule has 2 aliphatic rings. The third-order valence-electron chi connectivity index (χ3n) is 6.67. The van der Waals surface area contributed by atoms with Crippen molar-refractivity contribution in [3.05, 3.63) is 17.7 Å². The van der Waals surface area contributed by atoms with Gasteiger partial charge in [-0.1, -0.05) is 19.8 Å². The number of hydrogen-bond donors (Lipinski definition) is 2. The van der Waals surface area contributed by atoms with Crippen molar-refractivity contribution in [2.75, 3.05) is 41.0 Å². The highest BCUT2D eigenvalue weighted by Gasteiger charge is 2.26. The number of nitrogens with one attached hydrogen (secondary N) is 2. The molecule has 1 heterocycles. The number of carbonyl (C=O) groups excluding carboxylic acids is 2. The molecule has 8 nitrogen and oxygen atoms in total. The highest BCUT2D eigenvalue weighted by atomic mass is 16.5. The minimum absolute atomic E-state index is 0.0688. The van der Waals surface area contributed by atoms with E-state index in [1.165, 1.54) is 40.6 Å². The van der Waals surface area contributed by atoms with E-state index in [9.17, 15) is 9.59 Å². The summed E-state index contributed by atoms with van der Waals surface area (Å²) in [7, 11) is 4.59. The van der Waals surface area contributed by atoms with Gasteiger partial charge in [0.2, 0.25) is 11.7 Å². The van der Waals surface area contributed by atoms with Crippen LogP contribution in [0.5, 0.6) is 17.2 Å². The number of benzene rings is 1. The van der Waals surface area contributed by atoms with Gasteiger partial charge in [0.15, 0.2) is 11.5 Å². The fourth-order valence-corrected chi connectivity index (χ4v) is 4.70. The highest BCUT2D eigenvalue weighted by molar-refractivity contribution is 5.95. The third-order valence-corrected chi connectivity index (χ3v) is 6.67. The van der Waals surface area contributed by atoms with Gasteiger partial charge in [-0.15, -0.1) is 0 Å². The maximum absolute atomic E-state index is 12.8. The molecular weight excluding hydrogens is 410 g/mol. The average molecular weight is 448 g/mol. The van der Waals surface area contributed by atoms with Gasteiger partial charge in [0, 0.05) is 30.7 Å². The van der Waals surface area contributed by atoms with Crippen molar-refractivity contribution >= 4 is 11.8 Å². The SMILES string of the molecule is COc1cc(C(=O)NC2CCN(CC(=O)N[C@@H]3CCCC[C@H]3C)CC2)cc(OC)c1OC. The van der Waals surface area contributed by atoms with Gasteiger partial charge in [-0.2, -0.15) is 0 Å². The van der Waals surface area contributed by atoms with E-state index in [1.807, 2.05) is 0 Å². The normalized spacial score (nSPS) is 22.1. The number of nitrogens with zero attached hydrogens (tertiary/aromatic N) is 1. The van der Waals surface area contributed by atoms with Gasteiger partial charge in [-0.3, -0.25) is 14.5 Å². The highest BCUT2D eigenvalue weighted by Crippen LogP contribution is 2.38. The van der Waals surface area contributed by atoms with Crippen molar-refractivity contribution in [2.45, 2.75) is 57.5 Å². The Balaban J connectivity index is 1.48. The molecule has 2 atom stereocenters. The molecule has 1 aromatic carbocycles. The van der Waals surface area contributed by atoms with E-state index in [0.717, 1.165) is 32.4 Å². The number of piperidine rings is 1. The molecule has 0 spiro atoms. The molecule has 0 aromatic heterocycles. The Bertz CT molecular complexity index is 767. The Labute approximate surface area is 191 Å². The van der Waals surface area contributed by atoms with Crippen LogP contribution in [-0.2, 0) is 4.79 Å². The topological polar surface area (TPSA) is 89.1 Å². The lowest BCUT2D eigenvalue weighted by Crippen LogP contribution is -2.49. The molecule has 1 saturated heterocycles. The van der Waals surface area contributed by atoms with Crippen LogP contribution in [0.1, 0.15) is 55.8 Å². The van der Waals surface area contributed by atoms with Crippen molar-refractivity contribution in [3.63, 3.8) is 0 Å². The fraction of sp³-hybridized carbons (Fsp3) is 0.667. The summed E-state index contributed by atoms with van der Waals surface area (Å²) in [5.74, 6) is 1.86. The van der Waals surface area contributed by atoms with E-state index < -0.39 is 0 Å². The van der Waals surface area contributed by atoms with Crippen molar-refractivity contribution in [2.24, 2.45) is 5.92 Å². The number of ether oxygens (including phenoxy) is 3. The lowest BCUT2D eigenvalue weighted by molar-refractivity contribution is -0.123. The van der Waals surface area contributed by atoms with Gasteiger partial charge in [0.25, 0.3) is 5.91 Å². The number of likely N-dealkylation sites (tertiary alicyclic amines) is 1. The summed E-state index contributed by atoms with van der Waals surface area (Å²) in [6, 6.07) is 3.69. The molecule has 32 heavy (non-hydrogen) atoms. The van der Waals surface area contributed by atoms with E-state index >= 15 is 0 Å². The Hall–Kier alpha value is -2.48. The van der Waals surface area contributed by atoms with Crippen LogP contribution in [0.3, 0.4) is 0 Å². The molecule has 2 fully saturated rings. The van der Waals surface area contributed by atoms with Crippen molar-refractivity contribution in [1.82, 2.24) is 15.5 Å². The Morgan fingerprint density at radius 2 is 1.56 bits per heavy atom. The number of amides is 2. The molecule has 0 unspecified atom stereocenters. The van der Waals surface area contributed by atoms with Crippen molar-refractivity contribution < 1.29 is 23.8 Å². The Morgan fingerprint density at radius 1 is 0.938 bits per heavy atom. The zero-order valence-corrected chi connectivity index (χ0v) is 19.7. The maximum atomic E-state index is 12.8. The van der Waals surface area contributed by atoms with Gasteiger partial charge in [0.1, 0.15) is 0 Å². The van der Waals surface area contributed by atoms with Crippen LogP contribution in [0.15, 0.2) is 12.1 Å². The predicted octanol–water partition coefficient (Wildman–Crippen LogP) is 2.60. The van der Waals surface area contributed by atoms with Gasteiger partial charge in [0.05, 0.1) is 27.9 Å². The predicted molar refractivity (Wildman–Crippen MR) is 123 cm³/mol. The molecule has 1 aromatic rings. The summed E-state index contributed by atoms with van der Waals surface area (Å²) in [6.07, 6.45) is 6.37. The molecule has 1 saturated carbocycles. The first-order chi connectivity index (χ1) is 15.4. The minimum Gasteiger partial charge on any atom is -0.493 e. The van der Waals surface area contributed by atoms with Crippen LogP contribution < -0.4 is 24.8 Å². The van der Waals surface area contributed by atoms with Crippen LogP contribution in [0.25, 0.3) is 0 Å². The quantitative estimate of drug-likeness (QED) is 0.637. The second-order valence-electron chi connectivity index (χ2n) is 8.87. The summed E-state index contributed by atoms with van der Waals surface area (Å²) in [6.45, 7) is 4.23. The first-order valence-electron chi connectivity index (χ1n) is 11.6.